The van der Waals surface area contributed by atoms with Gasteiger partial charge < -0.3 is 5.32 Å². The molecule has 0 heterocycles. The van der Waals surface area contributed by atoms with Crippen molar-refractivity contribution < 1.29 is 8.42 Å². The van der Waals surface area contributed by atoms with Gasteiger partial charge in [0.15, 0.2) is 0 Å². The molecule has 0 aromatic carbocycles. The van der Waals surface area contributed by atoms with Gasteiger partial charge in [0.2, 0.25) is 10.0 Å². The van der Waals surface area contributed by atoms with Crippen molar-refractivity contribution in [2.75, 3.05) is 12.3 Å². The van der Waals surface area contributed by atoms with Crippen LogP contribution in [0.2, 0.25) is 0 Å². The van der Waals surface area contributed by atoms with E-state index in [9.17, 15) is 8.42 Å². The SMILES string of the molecule is C[C@@H](NS(=O)(=O)CCCNC(C)(C)C)C(C)(C)C. The Labute approximate surface area is 113 Å². The molecule has 0 saturated heterocycles. The lowest BCUT2D eigenvalue weighted by molar-refractivity contribution is 0.317. The van der Waals surface area contributed by atoms with Gasteiger partial charge in [0.1, 0.15) is 0 Å². The summed E-state index contributed by atoms with van der Waals surface area (Å²) >= 11 is 0. The maximum Gasteiger partial charge on any atom is 0.211 e. The van der Waals surface area contributed by atoms with Gasteiger partial charge in [0, 0.05) is 11.6 Å². The molecule has 4 nitrogen and oxygen atoms in total. The minimum atomic E-state index is -3.17. The van der Waals surface area contributed by atoms with Crippen molar-refractivity contribution in [1.82, 2.24) is 10.0 Å². The van der Waals surface area contributed by atoms with Crippen LogP contribution in [0.4, 0.5) is 0 Å². The highest BCUT2D eigenvalue weighted by Gasteiger charge is 2.24. The number of hydrogen-bond donors (Lipinski definition) is 2. The Morgan fingerprint density at radius 1 is 1.06 bits per heavy atom. The van der Waals surface area contributed by atoms with Crippen molar-refractivity contribution in [3.63, 3.8) is 0 Å². The third-order valence-corrected chi connectivity index (χ3v) is 4.44. The Bertz CT molecular complexity index is 337. The summed E-state index contributed by atoms with van der Waals surface area (Å²) in [6.45, 7) is 14.9. The summed E-state index contributed by atoms with van der Waals surface area (Å²) in [4.78, 5) is 0. The molecular weight excluding hydrogens is 248 g/mol. The summed E-state index contributed by atoms with van der Waals surface area (Å²) in [5.74, 6) is 0.177. The largest absolute Gasteiger partial charge is 0.312 e. The molecule has 0 saturated carbocycles. The first kappa shape index (κ1) is 17.9. The maximum absolute atomic E-state index is 11.9. The molecule has 0 bridgehead atoms. The molecular formula is C13H30N2O2S. The standard InChI is InChI=1S/C13H30N2O2S/c1-11(12(2,3)4)15-18(16,17)10-8-9-14-13(5,6)7/h11,14-15H,8-10H2,1-7H3/t11-/m1/s1. The molecule has 0 aromatic rings. The second kappa shape index (κ2) is 6.35. The van der Waals surface area contributed by atoms with Crippen LogP contribution in [-0.2, 0) is 10.0 Å². The van der Waals surface area contributed by atoms with Crippen molar-refractivity contribution >= 4 is 10.0 Å². The monoisotopic (exact) mass is 278 g/mol. The Balaban J connectivity index is 4.11. The second-order valence-corrected chi connectivity index (χ2v) is 8.93. The summed E-state index contributed by atoms with van der Waals surface area (Å²) in [6.07, 6.45) is 0.628. The average Bonchev–Trinajstić information content (AvgIpc) is 2.08. The molecule has 0 unspecified atom stereocenters. The zero-order valence-corrected chi connectivity index (χ0v) is 13.7. The van der Waals surface area contributed by atoms with Crippen LogP contribution < -0.4 is 10.0 Å². The second-order valence-electron chi connectivity index (χ2n) is 7.05. The van der Waals surface area contributed by atoms with Crippen LogP contribution in [0.3, 0.4) is 0 Å². The average molecular weight is 278 g/mol. The van der Waals surface area contributed by atoms with Crippen molar-refractivity contribution in [3.05, 3.63) is 0 Å². The zero-order valence-electron chi connectivity index (χ0n) is 12.9. The molecule has 0 spiro atoms. The van der Waals surface area contributed by atoms with E-state index in [1.807, 2.05) is 27.7 Å². The van der Waals surface area contributed by atoms with Gasteiger partial charge in [-0.1, -0.05) is 20.8 Å². The molecule has 110 valence electrons. The van der Waals surface area contributed by atoms with Gasteiger partial charge in [-0.2, -0.15) is 0 Å². The van der Waals surface area contributed by atoms with E-state index in [4.69, 9.17) is 0 Å². The molecule has 0 aliphatic rings. The van der Waals surface area contributed by atoms with E-state index >= 15 is 0 Å². The van der Waals surface area contributed by atoms with E-state index in [2.05, 4.69) is 30.8 Å². The summed E-state index contributed by atoms with van der Waals surface area (Å²) in [5, 5.41) is 3.29. The molecule has 0 aliphatic carbocycles. The van der Waals surface area contributed by atoms with Gasteiger partial charge in [0.05, 0.1) is 5.75 Å². The van der Waals surface area contributed by atoms with E-state index in [0.29, 0.717) is 13.0 Å². The third-order valence-electron chi connectivity index (χ3n) is 2.90. The highest BCUT2D eigenvalue weighted by Crippen LogP contribution is 2.19. The number of rotatable bonds is 6. The first-order valence-corrected chi connectivity index (χ1v) is 8.24. The molecule has 0 rings (SSSR count). The maximum atomic E-state index is 11.9. The predicted octanol–water partition coefficient (Wildman–Crippen LogP) is 2.12. The lowest BCUT2D eigenvalue weighted by Crippen LogP contribution is -2.43. The lowest BCUT2D eigenvalue weighted by atomic mass is 9.89. The van der Waals surface area contributed by atoms with Crippen molar-refractivity contribution in [1.29, 1.82) is 0 Å². The third kappa shape index (κ3) is 8.89. The fraction of sp³-hybridized carbons (Fsp3) is 1.00. The summed E-state index contributed by atoms with van der Waals surface area (Å²) in [5.41, 5.74) is -0.0212. The van der Waals surface area contributed by atoms with Crippen LogP contribution >= 0.6 is 0 Å². The molecule has 2 N–H and O–H groups in total. The number of nitrogens with one attached hydrogen (secondary N) is 2. The zero-order chi connectivity index (χ0) is 14.6. The molecule has 5 heteroatoms. The molecule has 0 aliphatic heterocycles. The number of hydrogen-bond acceptors (Lipinski definition) is 3. The van der Waals surface area contributed by atoms with Gasteiger partial charge >= 0.3 is 0 Å². The summed E-state index contributed by atoms with van der Waals surface area (Å²) in [7, 11) is -3.17. The summed E-state index contributed by atoms with van der Waals surface area (Å²) < 4.78 is 26.5. The quantitative estimate of drug-likeness (QED) is 0.732. The molecule has 18 heavy (non-hydrogen) atoms. The summed E-state index contributed by atoms with van der Waals surface area (Å²) in [6, 6.07) is -0.0573. The Morgan fingerprint density at radius 3 is 1.94 bits per heavy atom. The molecule has 0 amide bonds. The van der Waals surface area contributed by atoms with Crippen LogP contribution in [0.25, 0.3) is 0 Å². The van der Waals surface area contributed by atoms with E-state index < -0.39 is 10.0 Å². The van der Waals surface area contributed by atoms with Crippen molar-refractivity contribution in [2.45, 2.75) is 66.5 Å². The van der Waals surface area contributed by atoms with Crippen LogP contribution in [0.1, 0.15) is 54.9 Å². The smallest absolute Gasteiger partial charge is 0.211 e. The first-order valence-electron chi connectivity index (χ1n) is 6.58. The highest BCUT2D eigenvalue weighted by molar-refractivity contribution is 7.89. The minimum Gasteiger partial charge on any atom is -0.312 e. The lowest BCUT2D eigenvalue weighted by Gasteiger charge is -2.28. The van der Waals surface area contributed by atoms with Crippen LogP contribution in [0.15, 0.2) is 0 Å². The Kier molecular flexibility index (Phi) is 6.30. The van der Waals surface area contributed by atoms with E-state index in [1.54, 1.807) is 0 Å². The fourth-order valence-corrected chi connectivity index (χ4v) is 2.77. The minimum absolute atomic E-state index is 0.0376. The van der Waals surface area contributed by atoms with Gasteiger partial charge in [-0.15, -0.1) is 0 Å². The van der Waals surface area contributed by atoms with Crippen LogP contribution in [0, 0.1) is 5.41 Å². The molecule has 1 atom stereocenters. The van der Waals surface area contributed by atoms with Crippen molar-refractivity contribution in [2.24, 2.45) is 5.41 Å². The van der Waals surface area contributed by atoms with E-state index in [1.165, 1.54) is 0 Å². The normalized spacial score (nSPS) is 15.7. The number of sulfonamides is 1. The van der Waals surface area contributed by atoms with Crippen LogP contribution in [-0.4, -0.2) is 32.3 Å². The Morgan fingerprint density at radius 2 is 1.56 bits per heavy atom. The van der Waals surface area contributed by atoms with Gasteiger partial charge in [-0.05, 0) is 46.1 Å². The fourth-order valence-electron chi connectivity index (χ4n) is 1.23. The van der Waals surface area contributed by atoms with Crippen LogP contribution in [0.5, 0.6) is 0 Å². The molecule has 0 fully saturated rings. The van der Waals surface area contributed by atoms with Crippen molar-refractivity contribution in [3.8, 4) is 0 Å². The molecule has 0 radical (unpaired) electrons. The van der Waals surface area contributed by atoms with Gasteiger partial charge in [-0.25, -0.2) is 13.1 Å². The highest BCUT2D eigenvalue weighted by atomic mass is 32.2. The predicted molar refractivity (Wildman–Crippen MR) is 78.2 cm³/mol. The first-order chi connectivity index (χ1) is 7.83. The van der Waals surface area contributed by atoms with Gasteiger partial charge in [-0.3, -0.25) is 0 Å². The molecule has 0 aromatic heterocycles. The van der Waals surface area contributed by atoms with E-state index in [-0.39, 0.29) is 22.7 Å². The van der Waals surface area contributed by atoms with Gasteiger partial charge in [0.25, 0.3) is 0 Å². The van der Waals surface area contributed by atoms with E-state index in [0.717, 1.165) is 0 Å². The topological polar surface area (TPSA) is 58.2 Å². The Hall–Kier alpha value is -0.130.